The number of nitrogens with two attached hydrogens (primary N) is 1. The first kappa shape index (κ1) is 18.0. The van der Waals surface area contributed by atoms with Crippen molar-refractivity contribution in [3.05, 3.63) is 101 Å². The van der Waals surface area contributed by atoms with Crippen molar-refractivity contribution in [1.82, 2.24) is 5.32 Å². The average Bonchev–Trinajstić information content (AvgIpc) is 2.62. The van der Waals surface area contributed by atoms with Crippen LogP contribution >= 0.6 is 0 Å². The molecular weight excluding hydrogens is 337 g/mol. The van der Waals surface area contributed by atoms with Gasteiger partial charge in [0, 0.05) is 11.7 Å². The lowest BCUT2D eigenvalue weighted by atomic mass is 9.96. The van der Waals surface area contributed by atoms with Crippen LogP contribution in [0.1, 0.15) is 35.7 Å². The maximum Gasteiger partial charge on any atom is 0.159 e. The summed E-state index contributed by atoms with van der Waals surface area (Å²) < 4.78 is 40.1. The van der Waals surface area contributed by atoms with E-state index in [4.69, 9.17) is 5.73 Å². The van der Waals surface area contributed by atoms with Crippen molar-refractivity contribution in [2.45, 2.75) is 19.0 Å². The average molecular weight is 356 g/mol. The highest BCUT2D eigenvalue weighted by Crippen LogP contribution is 2.28. The zero-order chi connectivity index (χ0) is 18.7. The number of hydrogen-bond donors (Lipinski definition) is 2. The van der Waals surface area contributed by atoms with E-state index in [2.05, 4.69) is 5.32 Å². The Balaban J connectivity index is 1.94. The third-order valence-electron chi connectivity index (χ3n) is 4.31. The molecular formula is C21H19F3N2. The second-order valence-electron chi connectivity index (χ2n) is 6.22. The van der Waals surface area contributed by atoms with Crippen molar-refractivity contribution in [3.63, 3.8) is 0 Å². The Morgan fingerprint density at radius 2 is 1.46 bits per heavy atom. The third kappa shape index (κ3) is 4.06. The van der Waals surface area contributed by atoms with Gasteiger partial charge in [0.25, 0.3) is 0 Å². The van der Waals surface area contributed by atoms with E-state index < -0.39 is 11.6 Å². The highest BCUT2D eigenvalue weighted by atomic mass is 19.2. The van der Waals surface area contributed by atoms with E-state index in [1.54, 1.807) is 18.2 Å². The standard InChI is InChI=1S/C21H19F3N2/c1-13(15-7-10-19(23)20(24)12-15)26-21(14-5-8-17(22)9-6-14)16-3-2-4-18(25)11-16/h2-13,21,26H,25H2,1H3. The molecule has 0 saturated carbocycles. The summed E-state index contributed by atoms with van der Waals surface area (Å²) in [5.74, 6) is -2.10. The SMILES string of the molecule is CC(NC(c1ccc(F)cc1)c1cccc(N)c1)c1ccc(F)c(F)c1. The van der Waals surface area contributed by atoms with Crippen LogP contribution in [0.25, 0.3) is 0 Å². The fourth-order valence-electron chi connectivity index (χ4n) is 2.91. The molecule has 2 atom stereocenters. The highest BCUT2D eigenvalue weighted by Gasteiger charge is 2.19. The minimum atomic E-state index is -0.890. The molecule has 134 valence electrons. The second kappa shape index (κ2) is 7.62. The van der Waals surface area contributed by atoms with Crippen LogP contribution in [0, 0.1) is 17.5 Å². The third-order valence-corrected chi connectivity index (χ3v) is 4.31. The first-order valence-electron chi connectivity index (χ1n) is 8.26. The predicted molar refractivity (Wildman–Crippen MR) is 97.0 cm³/mol. The van der Waals surface area contributed by atoms with Crippen molar-refractivity contribution >= 4 is 5.69 Å². The largest absolute Gasteiger partial charge is 0.399 e. The molecule has 0 saturated heterocycles. The molecule has 0 heterocycles. The van der Waals surface area contributed by atoms with Crippen LogP contribution in [0.2, 0.25) is 0 Å². The maximum absolute atomic E-state index is 13.6. The number of halogens is 3. The quantitative estimate of drug-likeness (QED) is 0.622. The molecule has 0 amide bonds. The number of benzene rings is 3. The Bertz CT molecular complexity index is 894. The van der Waals surface area contributed by atoms with Gasteiger partial charge in [-0.05, 0) is 60.0 Å². The summed E-state index contributed by atoms with van der Waals surface area (Å²) in [6, 6.07) is 16.8. The molecule has 3 rings (SSSR count). The molecule has 0 aliphatic heterocycles. The number of nitrogens with one attached hydrogen (secondary N) is 1. The molecule has 0 fully saturated rings. The first-order chi connectivity index (χ1) is 12.4. The maximum atomic E-state index is 13.6. The Labute approximate surface area is 150 Å². The van der Waals surface area contributed by atoms with Gasteiger partial charge in [-0.15, -0.1) is 0 Å². The lowest BCUT2D eigenvalue weighted by Crippen LogP contribution is -2.26. The summed E-state index contributed by atoms with van der Waals surface area (Å²) in [6.45, 7) is 1.86. The van der Waals surface area contributed by atoms with Gasteiger partial charge < -0.3 is 5.73 Å². The van der Waals surface area contributed by atoms with Gasteiger partial charge in [0.2, 0.25) is 0 Å². The molecule has 0 aliphatic rings. The van der Waals surface area contributed by atoms with Gasteiger partial charge in [-0.3, -0.25) is 5.32 Å². The number of rotatable bonds is 5. The van der Waals surface area contributed by atoms with E-state index in [-0.39, 0.29) is 17.9 Å². The van der Waals surface area contributed by atoms with Crippen LogP contribution in [-0.2, 0) is 0 Å². The summed E-state index contributed by atoms with van der Waals surface area (Å²) in [5, 5.41) is 3.39. The molecule has 0 radical (unpaired) electrons. The van der Waals surface area contributed by atoms with Crippen molar-refractivity contribution in [2.24, 2.45) is 0 Å². The molecule has 3 N–H and O–H groups in total. The van der Waals surface area contributed by atoms with Crippen molar-refractivity contribution in [1.29, 1.82) is 0 Å². The smallest absolute Gasteiger partial charge is 0.159 e. The van der Waals surface area contributed by atoms with Crippen molar-refractivity contribution in [3.8, 4) is 0 Å². The predicted octanol–water partition coefficient (Wildman–Crippen LogP) is 5.13. The molecule has 3 aromatic rings. The van der Waals surface area contributed by atoms with Gasteiger partial charge in [0.05, 0.1) is 6.04 Å². The molecule has 3 aromatic carbocycles. The zero-order valence-electron chi connectivity index (χ0n) is 14.2. The number of nitrogen functional groups attached to an aromatic ring is 1. The van der Waals surface area contributed by atoms with Gasteiger partial charge in [-0.25, -0.2) is 13.2 Å². The minimum Gasteiger partial charge on any atom is -0.399 e. The van der Waals surface area contributed by atoms with Crippen LogP contribution < -0.4 is 11.1 Å². The van der Waals surface area contributed by atoms with Gasteiger partial charge in [0.15, 0.2) is 11.6 Å². The normalized spacial score (nSPS) is 13.4. The van der Waals surface area contributed by atoms with Crippen molar-refractivity contribution in [2.75, 3.05) is 5.73 Å². The summed E-state index contributed by atoms with van der Waals surface area (Å²) in [4.78, 5) is 0. The van der Waals surface area contributed by atoms with E-state index in [1.807, 2.05) is 25.1 Å². The Hall–Kier alpha value is -2.79. The zero-order valence-corrected chi connectivity index (χ0v) is 14.2. The van der Waals surface area contributed by atoms with Crippen LogP contribution in [-0.4, -0.2) is 0 Å². The molecule has 0 spiro atoms. The molecule has 0 aromatic heterocycles. The van der Waals surface area contributed by atoms with E-state index in [0.29, 0.717) is 11.3 Å². The first-order valence-corrected chi connectivity index (χ1v) is 8.26. The lowest BCUT2D eigenvalue weighted by molar-refractivity contribution is 0.490. The molecule has 0 bridgehead atoms. The van der Waals surface area contributed by atoms with Crippen LogP contribution in [0.3, 0.4) is 0 Å². The number of anilines is 1. The van der Waals surface area contributed by atoms with Gasteiger partial charge in [-0.1, -0.05) is 30.3 Å². The van der Waals surface area contributed by atoms with Crippen LogP contribution in [0.4, 0.5) is 18.9 Å². The summed E-state index contributed by atoms with van der Waals surface area (Å²) in [7, 11) is 0. The second-order valence-corrected chi connectivity index (χ2v) is 6.22. The monoisotopic (exact) mass is 356 g/mol. The lowest BCUT2D eigenvalue weighted by Gasteiger charge is -2.25. The van der Waals surface area contributed by atoms with E-state index >= 15 is 0 Å². The van der Waals surface area contributed by atoms with Gasteiger partial charge in [0.1, 0.15) is 5.82 Å². The fourth-order valence-corrected chi connectivity index (χ4v) is 2.91. The van der Waals surface area contributed by atoms with Gasteiger partial charge in [-0.2, -0.15) is 0 Å². The fraction of sp³-hybridized carbons (Fsp3) is 0.143. The molecule has 2 nitrogen and oxygen atoms in total. The minimum absolute atomic E-state index is 0.276. The highest BCUT2D eigenvalue weighted by molar-refractivity contribution is 5.44. The summed E-state index contributed by atoms with van der Waals surface area (Å²) >= 11 is 0. The number of hydrogen-bond acceptors (Lipinski definition) is 2. The summed E-state index contributed by atoms with van der Waals surface area (Å²) in [5.41, 5.74) is 8.85. The van der Waals surface area contributed by atoms with Crippen LogP contribution in [0.15, 0.2) is 66.7 Å². The van der Waals surface area contributed by atoms with Crippen LogP contribution in [0.5, 0.6) is 0 Å². The molecule has 5 heteroatoms. The molecule has 2 unspecified atom stereocenters. The Morgan fingerprint density at radius 3 is 2.12 bits per heavy atom. The van der Waals surface area contributed by atoms with E-state index in [9.17, 15) is 13.2 Å². The molecule has 26 heavy (non-hydrogen) atoms. The van der Waals surface area contributed by atoms with Crippen molar-refractivity contribution < 1.29 is 13.2 Å². The molecule has 0 aliphatic carbocycles. The van der Waals surface area contributed by atoms with E-state index in [1.165, 1.54) is 24.3 Å². The topological polar surface area (TPSA) is 38.0 Å². The Kier molecular flexibility index (Phi) is 5.28. The Morgan fingerprint density at radius 1 is 0.769 bits per heavy atom. The summed E-state index contributed by atoms with van der Waals surface area (Å²) in [6.07, 6.45) is 0. The van der Waals surface area contributed by atoms with Gasteiger partial charge >= 0.3 is 0 Å². The van der Waals surface area contributed by atoms with E-state index in [0.717, 1.165) is 17.2 Å².